The molecule has 0 spiro atoms. The van der Waals surface area contributed by atoms with Gasteiger partial charge in [0.05, 0.1) is 0 Å². The third-order valence-electron chi connectivity index (χ3n) is 1.47. The second kappa shape index (κ2) is 3.26. The average molecular weight is 183 g/mol. The number of aryl methyl sites for hydroxylation is 1. The maximum atomic E-state index is 10.5. The van der Waals surface area contributed by atoms with Crippen molar-refractivity contribution in [1.29, 1.82) is 0 Å². The van der Waals surface area contributed by atoms with Crippen molar-refractivity contribution in [1.82, 2.24) is 9.78 Å². The molecule has 0 aliphatic rings. The summed E-state index contributed by atoms with van der Waals surface area (Å²) in [6.07, 6.45) is 1.47. The Morgan fingerprint density at radius 3 is 2.69 bits per heavy atom. The van der Waals surface area contributed by atoms with Crippen molar-refractivity contribution in [3.8, 4) is 0 Å². The molecule has 1 rings (SSSR count). The lowest BCUT2D eigenvalue weighted by atomic mass is 10.3. The van der Waals surface area contributed by atoms with Crippen LogP contribution in [0.15, 0.2) is 6.20 Å². The minimum absolute atomic E-state index is 0.0544. The molecule has 6 heteroatoms. The van der Waals surface area contributed by atoms with E-state index in [9.17, 15) is 9.59 Å². The van der Waals surface area contributed by atoms with E-state index in [-0.39, 0.29) is 12.2 Å². The van der Waals surface area contributed by atoms with Gasteiger partial charge in [0.25, 0.3) is 0 Å². The smallest absolute Gasteiger partial charge is 0.356 e. The zero-order chi connectivity index (χ0) is 10.0. The molecule has 0 aromatic carbocycles. The first-order valence-electron chi connectivity index (χ1n) is 3.56. The number of amides is 1. The number of carbonyl (C=O) groups excluding carboxylic acids is 1. The lowest BCUT2D eigenvalue weighted by Crippen LogP contribution is -2.19. The summed E-state index contributed by atoms with van der Waals surface area (Å²) in [5, 5.41) is 12.3. The van der Waals surface area contributed by atoms with Gasteiger partial charge in [-0.25, -0.2) is 4.79 Å². The second-order valence-electron chi connectivity index (χ2n) is 2.63. The fourth-order valence-electron chi connectivity index (χ4n) is 0.973. The molecule has 0 saturated heterocycles. The third kappa shape index (κ3) is 2.05. The van der Waals surface area contributed by atoms with E-state index in [1.807, 2.05) is 0 Å². The van der Waals surface area contributed by atoms with Crippen molar-refractivity contribution in [3.05, 3.63) is 17.5 Å². The van der Waals surface area contributed by atoms with E-state index in [1.165, 1.54) is 10.9 Å². The quantitative estimate of drug-likeness (QED) is 0.652. The number of carboxylic acid groups (broad SMARTS) is 1. The zero-order valence-corrected chi connectivity index (χ0v) is 7.02. The van der Waals surface area contributed by atoms with E-state index >= 15 is 0 Å². The number of carboxylic acids is 1. The van der Waals surface area contributed by atoms with Gasteiger partial charge in [-0.1, -0.05) is 0 Å². The van der Waals surface area contributed by atoms with Crippen LogP contribution in [0.3, 0.4) is 0 Å². The Balaban J connectivity index is 2.95. The van der Waals surface area contributed by atoms with E-state index in [4.69, 9.17) is 10.8 Å². The number of aromatic nitrogens is 2. The molecular formula is C7H9N3O3. The number of hydrogen-bond acceptors (Lipinski definition) is 3. The molecule has 1 aromatic heterocycles. The number of hydrogen-bond donors (Lipinski definition) is 2. The number of rotatable bonds is 3. The zero-order valence-electron chi connectivity index (χ0n) is 7.02. The highest BCUT2D eigenvalue weighted by atomic mass is 16.4. The third-order valence-corrected chi connectivity index (χ3v) is 1.47. The second-order valence-corrected chi connectivity index (χ2v) is 2.63. The highest BCUT2D eigenvalue weighted by Crippen LogP contribution is 2.04. The highest BCUT2D eigenvalue weighted by Gasteiger charge is 2.12. The van der Waals surface area contributed by atoms with Crippen LogP contribution in [-0.4, -0.2) is 26.8 Å². The monoisotopic (exact) mass is 183 g/mol. The molecule has 1 heterocycles. The predicted octanol–water partition coefficient (Wildman–Crippen LogP) is -0.625. The Kier molecular flexibility index (Phi) is 2.32. The van der Waals surface area contributed by atoms with Gasteiger partial charge in [0.15, 0.2) is 5.69 Å². The van der Waals surface area contributed by atoms with Gasteiger partial charge in [0.1, 0.15) is 6.54 Å². The first-order valence-corrected chi connectivity index (χ1v) is 3.56. The highest BCUT2D eigenvalue weighted by molar-refractivity contribution is 5.86. The fourth-order valence-corrected chi connectivity index (χ4v) is 0.973. The molecule has 0 aliphatic carbocycles. The summed E-state index contributed by atoms with van der Waals surface area (Å²) in [4.78, 5) is 21.0. The van der Waals surface area contributed by atoms with Gasteiger partial charge >= 0.3 is 5.97 Å². The first-order chi connectivity index (χ1) is 6.00. The number of primary amides is 1. The molecule has 0 saturated carbocycles. The molecule has 0 fully saturated rings. The van der Waals surface area contributed by atoms with Crippen LogP contribution >= 0.6 is 0 Å². The number of carbonyl (C=O) groups is 2. The molecule has 6 nitrogen and oxygen atoms in total. The van der Waals surface area contributed by atoms with Gasteiger partial charge in [0, 0.05) is 11.8 Å². The molecule has 70 valence electrons. The molecule has 0 unspecified atom stereocenters. The van der Waals surface area contributed by atoms with E-state index < -0.39 is 11.9 Å². The van der Waals surface area contributed by atoms with Crippen molar-refractivity contribution < 1.29 is 14.7 Å². The molecule has 0 aliphatic heterocycles. The average Bonchev–Trinajstić information content (AvgIpc) is 2.29. The van der Waals surface area contributed by atoms with Gasteiger partial charge in [-0.3, -0.25) is 9.48 Å². The van der Waals surface area contributed by atoms with Crippen LogP contribution in [0, 0.1) is 6.92 Å². The number of nitrogens with zero attached hydrogens (tertiary/aromatic N) is 2. The maximum Gasteiger partial charge on any atom is 0.356 e. The van der Waals surface area contributed by atoms with Crippen molar-refractivity contribution in [2.45, 2.75) is 13.5 Å². The topological polar surface area (TPSA) is 98.2 Å². The molecule has 0 radical (unpaired) electrons. The molecule has 0 atom stereocenters. The van der Waals surface area contributed by atoms with Gasteiger partial charge in [-0.15, -0.1) is 0 Å². The van der Waals surface area contributed by atoms with E-state index in [0.29, 0.717) is 5.56 Å². The first kappa shape index (κ1) is 9.24. The van der Waals surface area contributed by atoms with Crippen molar-refractivity contribution in [2.24, 2.45) is 5.73 Å². The van der Waals surface area contributed by atoms with Crippen LogP contribution in [0.5, 0.6) is 0 Å². The molecule has 0 bridgehead atoms. The predicted molar refractivity (Wildman–Crippen MR) is 43.1 cm³/mol. The van der Waals surface area contributed by atoms with Gasteiger partial charge < -0.3 is 10.8 Å². The standard InChI is InChI=1S/C7H9N3O3/c1-4-2-10(3-5(8)11)9-6(4)7(12)13/h2H,3H2,1H3,(H2,8,11)(H,12,13). The van der Waals surface area contributed by atoms with Crippen LogP contribution in [0.4, 0.5) is 0 Å². The minimum Gasteiger partial charge on any atom is -0.476 e. The lowest BCUT2D eigenvalue weighted by molar-refractivity contribution is -0.118. The Morgan fingerprint density at radius 2 is 2.31 bits per heavy atom. The maximum absolute atomic E-state index is 10.5. The molecule has 1 amide bonds. The Labute approximate surface area is 74.0 Å². The minimum atomic E-state index is -1.11. The Morgan fingerprint density at radius 1 is 1.69 bits per heavy atom. The Bertz CT molecular complexity index is 356. The normalized spacial score (nSPS) is 9.92. The number of aromatic carboxylic acids is 1. The molecule has 1 aromatic rings. The van der Waals surface area contributed by atoms with Gasteiger partial charge in [0.2, 0.25) is 5.91 Å². The van der Waals surface area contributed by atoms with Crippen molar-refractivity contribution in [2.75, 3.05) is 0 Å². The largest absolute Gasteiger partial charge is 0.476 e. The summed E-state index contributed by atoms with van der Waals surface area (Å²) in [5.74, 6) is -1.67. The lowest BCUT2D eigenvalue weighted by Gasteiger charge is -1.93. The van der Waals surface area contributed by atoms with Gasteiger partial charge in [-0.05, 0) is 6.92 Å². The molecular weight excluding hydrogens is 174 g/mol. The molecule has 3 N–H and O–H groups in total. The van der Waals surface area contributed by atoms with Crippen LogP contribution < -0.4 is 5.73 Å². The van der Waals surface area contributed by atoms with E-state index in [1.54, 1.807) is 6.92 Å². The van der Waals surface area contributed by atoms with Gasteiger partial charge in [-0.2, -0.15) is 5.10 Å². The Hall–Kier alpha value is -1.85. The summed E-state index contributed by atoms with van der Waals surface area (Å²) in [5.41, 5.74) is 5.37. The van der Waals surface area contributed by atoms with Crippen LogP contribution in [0.2, 0.25) is 0 Å². The molecule has 13 heavy (non-hydrogen) atoms. The van der Waals surface area contributed by atoms with E-state index in [0.717, 1.165) is 0 Å². The summed E-state index contributed by atoms with van der Waals surface area (Å²) < 4.78 is 1.21. The summed E-state index contributed by atoms with van der Waals surface area (Å²) >= 11 is 0. The van der Waals surface area contributed by atoms with Crippen LogP contribution in [0.1, 0.15) is 16.1 Å². The van der Waals surface area contributed by atoms with Crippen molar-refractivity contribution >= 4 is 11.9 Å². The summed E-state index contributed by atoms with van der Waals surface area (Å²) in [6, 6.07) is 0. The van der Waals surface area contributed by atoms with Crippen LogP contribution in [0.25, 0.3) is 0 Å². The fraction of sp³-hybridized carbons (Fsp3) is 0.286. The van der Waals surface area contributed by atoms with Crippen molar-refractivity contribution in [3.63, 3.8) is 0 Å². The summed E-state index contributed by atoms with van der Waals surface area (Å²) in [7, 11) is 0. The van der Waals surface area contributed by atoms with E-state index in [2.05, 4.69) is 5.10 Å². The van der Waals surface area contributed by atoms with Crippen LogP contribution in [-0.2, 0) is 11.3 Å². The number of nitrogens with two attached hydrogens (primary N) is 1. The SMILES string of the molecule is Cc1cn(CC(N)=O)nc1C(=O)O. The summed E-state index contributed by atoms with van der Waals surface area (Å²) in [6.45, 7) is 1.50.